The van der Waals surface area contributed by atoms with Crippen molar-refractivity contribution in [2.45, 2.75) is 19.5 Å². The van der Waals surface area contributed by atoms with Crippen LogP contribution in [0.5, 0.6) is 0 Å². The van der Waals surface area contributed by atoms with E-state index in [1.807, 2.05) is 17.8 Å². The van der Waals surface area contributed by atoms with Crippen molar-refractivity contribution >= 4 is 10.9 Å². The van der Waals surface area contributed by atoms with Crippen LogP contribution in [0.3, 0.4) is 0 Å². The van der Waals surface area contributed by atoms with E-state index in [9.17, 15) is 0 Å². The van der Waals surface area contributed by atoms with Crippen molar-refractivity contribution in [3.63, 3.8) is 0 Å². The Bertz CT molecular complexity index is 682. The lowest BCUT2D eigenvalue weighted by molar-refractivity contribution is 0.528. The zero-order valence-electron chi connectivity index (χ0n) is 11.1. The highest BCUT2D eigenvalue weighted by Crippen LogP contribution is 2.15. The molecule has 1 unspecified atom stereocenters. The number of fused-ring (bicyclic) bond motifs is 1. The highest BCUT2D eigenvalue weighted by Gasteiger charge is 2.10. The molecule has 5 heteroatoms. The van der Waals surface area contributed by atoms with Crippen molar-refractivity contribution in [3.05, 3.63) is 48.2 Å². The first-order valence-electron chi connectivity index (χ1n) is 6.37. The van der Waals surface area contributed by atoms with Crippen LogP contribution in [0.4, 0.5) is 0 Å². The largest absolute Gasteiger partial charge is 0.361 e. The molecule has 98 valence electrons. The first-order valence-corrected chi connectivity index (χ1v) is 6.37. The average Bonchev–Trinajstić information content (AvgIpc) is 3.03. The predicted molar refractivity (Wildman–Crippen MR) is 74.6 cm³/mol. The van der Waals surface area contributed by atoms with Crippen LogP contribution >= 0.6 is 0 Å². The van der Waals surface area contributed by atoms with E-state index in [1.54, 1.807) is 6.33 Å². The van der Waals surface area contributed by atoms with Gasteiger partial charge in [0.15, 0.2) is 0 Å². The van der Waals surface area contributed by atoms with E-state index < -0.39 is 0 Å². The van der Waals surface area contributed by atoms with Crippen LogP contribution in [0.2, 0.25) is 0 Å². The summed E-state index contributed by atoms with van der Waals surface area (Å²) >= 11 is 0. The Morgan fingerprint density at radius 3 is 3.05 bits per heavy atom. The van der Waals surface area contributed by atoms with Gasteiger partial charge in [0.1, 0.15) is 12.2 Å². The lowest BCUT2D eigenvalue weighted by Gasteiger charge is -2.12. The molecule has 0 spiro atoms. The van der Waals surface area contributed by atoms with Crippen molar-refractivity contribution in [3.8, 4) is 0 Å². The molecule has 3 rings (SSSR count). The molecular formula is C14H17N5. The third-order valence-electron chi connectivity index (χ3n) is 3.36. The third-order valence-corrected chi connectivity index (χ3v) is 3.36. The zero-order valence-corrected chi connectivity index (χ0v) is 11.1. The number of nitrogens with one attached hydrogen (secondary N) is 2. The molecule has 2 N–H and O–H groups in total. The number of H-pyrrole nitrogens is 1. The van der Waals surface area contributed by atoms with Crippen LogP contribution in [0.15, 0.2) is 36.8 Å². The molecule has 0 radical (unpaired) electrons. The molecular weight excluding hydrogens is 238 g/mol. The molecule has 0 aliphatic carbocycles. The SMILES string of the molecule is CC(NCc1ccc2[nH]ccc2c1)c1nncn1C. The molecule has 19 heavy (non-hydrogen) atoms. The summed E-state index contributed by atoms with van der Waals surface area (Å²) in [6.07, 6.45) is 3.68. The molecule has 0 aliphatic rings. The van der Waals surface area contributed by atoms with E-state index in [4.69, 9.17) is 0 Å². The fourth-order valence-corrected chi connectivity index (χ4v) is 2.26. The molecule has 0 fully saturated rings. The molecule has 0 aliphatic heterocycles. The minimum atomic E-state index is 0.175. The summed E-state index contributed by atoms with van der Waals surface area (Å²) in [5.74, 6) is 0.947. The molecule has 0 saturated heterocycles. The van der Waals surface area contributed by atoms with Crippen LogP contribution in [0, 0.1) is 0 Å². The predicted octanol–water partition coefficient (Wildman–Crippen LogP) is 2.15. The monoisotopic (exact) mass is 255 g/mol. The highest BCUT2D eigenvalue weighted by molar-refractivity contribution is 5.79. The first-order chi connectivity index (χ1) is 9.24. The number of nitrogens with zero attached hydrogens (tertiary/aromatic N) is 3. The van der Waals surface area contributed by atoms with Gasteiger partial charge in [-0.1, -0.05) is 6.07 Å². The van der Waals surface area contributed by atoms with Crippen molar-refractivity contribution in [1.29, 1.82) is 0 Å². The minimum Gasteiger partial charge on any atom is -0.361 e. The Labute approximate surface area is 111 Å². The molecule has 1 atom stereocenters. The van der Waals surface area contributed by atoms with Gasteiger partial charge in [0.25, 0.3) is 0 Å². The highest BCUT2D eigenvalue weighted by atomic mass is 15.3. The van der Waals surface area contributed by atoms with Crippen LogP contribution in [0.25, 0.3) is 10.9 Å². The summed E-state index contributed by atoms with van der Waals surface area (Å²) in [5.41, 5.74) is 2.44. The van der Waals surface area contributed by atoms with Gasteiger partial charge in [0.05, 0.1) is 6.04 Å². The van der Waals surface area contributed by atoms with Gasteiger partial charge in [-0.25, -0.2) is 0 Å². The van der Waals surface area contributed by atoms with E-state index in [0.29, 0.717) is 0 Å². The van der Waals surface area contributed by atoms with E-state index in [2.05, 4.69) is 51.7 Å². The molecule has 5 nitrogen and oxygen atoms in total. The van der Waals surface area contributed by atoms with Crippen molar-refractivity contribution < 1.29 is 0 Å². The van der Waals surface area contributed by atoms with Gasteiger partial charge in [0.2, 0.25) is 0 Å². The standard InChI is InChI=1S/C14H17N5/c1-10(14-18-17-9-19(14)2)16-8-11-3-4-13-12(7-11)5-6-15-13/h3-7,9-10,15-16H,8H2,1-2H3. The van der Waals surface area contributed by atoms with E-state index in [0.717, 1.165) is 12.4 Å². The van der Waals surface area contributed by atoms with Gasteiger partial charge in [-0.15, -0.1) is 10.2 Å². The summed E-state index contributed by atoms with van der Waals surface area (Å²) in [7, 11) is 1.96. The topological polar surface area (TPSA) is 58.5 Å². The Kier molecular flexibility index (Phi) is 3.05. The van der Waals surface area contributed by atoms with Gasteiger partial charge in [0, 0.05) is 25.3 Å². The van der Waals surface area contributed by atoms with Crippen molar-refractivity contribution in [2.75, 3.05) is 0 Å². The van der Waals surface area contributed by atoms with Crippen LogP contribution in [0.1, 0.15) is 24.4 Å². The zero-order chi connectivity index (χ0) is 13.2. The van der Waals surface area contributed by atoms with Crippen molar-refractivity contribution in [2.24, 2.45) is 7.05 Å². The number of aromatic nitrogens is 4. The van der Waals surface area contributed by atoms with Crippen LogP contribution in [-0.4, -0.2) is 19.7 Å². The molecule has 2 aromatic heterocycles. The molecule has 1 aromatic carbocycles. The average molecular weight is 255 g/mol. The molecule has 0 amide bonds. The summed E-state index contributed by atoms with van der Waals surface area (Å²) in [6, 6.07) is 8.70. The van der Waals surface area contributed by atoms with Crippen molar-refractivity contribution in [1.82, 2.24) is 25.1 Å². The fourth-order valence-electron chi connectivity index (χ4n) is 2.26. The molecule has 3 aromatic rings. The molecule has 0 bridgehead atoms. The summed E-state index contributed by atoms with van der Waals surface area (Å²) < 4.78 is 1.94. The normalized spacial score (nSPS) is 12.9. The fraction of sp³-hybridized carbons (Fsp3) is 0.286. The van der Waals surface area contributed by atoms with Crippen LogP contribution in [-0.2, 0) is 13.6 Å². The lowest BCUT2D eigenvalue weighted by Crippen LogP contribution is -2.21. The maximum Gasteiger partial charge on any atom is 0.149 e. The number of hydrogen-bond acceptors (Lipinski definition) is 3. The molecule has 2 heterocycles. The second-order valence-electron chi connectivity index (χ2n) is 4.80. The second-order valence-corrected chi connectivity index (χ2v) is 4.80. The van der Waals surface area contributed by atoms with E-state index in [1.165, 1.54) is 16.5 Å². The second kappa shape index (κ2) is 4.85. The smallest absolute Gasteiger partial charge is 0.149 e. The third kappa shape index (κ3) is 2.37. The quantitative estimate of drug-likeness (QED) is 0.751. The minimum absolute atomic E-state index is 0.175. The number of benzene rings is 1. The van der Waals surface area contributed by atoms with E-state index in [-0.39, 0.29) is 6.04 Å². The number of rotatable bonds is 4. The maximum atomic E-state index is 4.12. The first kappa shape index (κ1) is 11.9. The lowest BCUT2D eigenvalue weighted by atomic mass is 10.1. The summed E-state index contributed by atoms with van der Waals surface area (Å²) in [4.78, 5) is 3.20. The van der Waals surface area contributed by atoms with Gasteiger partial charge >= 0.3 is 0 Å². The Morgan fingerprint density at radius 2 is 2.26 bits per heavy atom. The van der Waals surface area contributed by atoms with Gasteiger partial charge < -0.3 is 14.9 Å². The maximum absolute atomic E-state index is 4.12. The number of aryl methyl sites for hydroxylation is 1. The van der Waals surface area contributed by atoms with Gasteiger partial charge in [-0.3, -0.25) is 0 Å². The summed E-state index contributed by atoms with van der Waals surface area (Å²) in [5, 5.41) is 12.7. The Morgan fingerprint density at radius 1 is 1.37 bits per heavy atom. The number of aromatic amines is 1. The van der Waals surface area contributed by atoms with Gasteiger partial charge in [-0.2, -0.15) is 0 Å². The van der Waals surface area contributed by atoms with E-state index >= 15 is 0 Å². The summed E-state index contributed by atoms with van der Waals surface area (Å²) in [6.45, 7) is 2.91. The Balaban J connectivity index is 1.70. The molecule has 0 saturated carbocycles. The number of hydrogen-bond donors (Lipinski definition) is 2. The Hall–Kier alpha value is -2.14. The van der Waals surface area contributed by atoms with Gasteiger partial charge in [-0.05, 0) is 36.1 Å². The van der Waals surface area contributed by atoms with Crippen LogP contribution < -0.4 is 5.32 Å².